The van der Waals surface area contributed by atoms with Crippen LogP contribution in [-0.4, -0.2) is 60.6 Å². The molecule has 7 heteroatoms. The van der Waals surface area contributed by atoms with E-state index < -0.39 is 0 Å². The summed E-state index contributed by atoms with van der Waals surface area (Å²) in [6.07, 6.45) is 0. The zero-order chi connectivity index (χ0) is 20.8. The van der Waals surface area contributed by atoms with Gasteiger partial charge in [0.1, 0.15) is 16.5 Å². The van der Waals surface area contributed by atoms with E-state index in [2.05, 4.69) is 22.4 Å². The number of nitrogens with zero attached hydrogens (tertiary/aromatic N) is 3. The first-order valence-corrected chi connectivity index (χ1v) is 10.9. The zero-order valence-corrected chi connectivity index (χ0v) is 17.8. The molecule has 0 bridgehead atoms. The van der Waals surface area contributed by atoms with Crippen molar-refractivity contribution in [3.8, 4) is 22.8 Å². The van der Waals surface area contributed by atoms with E-state index in [-0.39, 0.29) is 12.5 Å². The van der Waals surface area contributed by atoms with Crippen LogP contribution in [0, 0.1) is 0 Å². The summed E-state index contributed by atoms with van der Waals surface area (Å²) in [6.45, 7) is 3.95. The summed E-state index contributed by atoms with van der Waals surface area (Å²) < 4.78 is 10.8. The van der Waals surface area contributed by atoms with Gasteiger partial charge < -0.3 is 14.4 Å². The Morgan fingerprint density at radius 1 is 1.03 bits per heavy atom. The first-order chi connectivity index (χ1) is 14.7. The third-order valence-electron chi connectivity index (χ3n) is 5.11. The van der Waals surface area contributed by atoms with Crippen LogP contribution in [0.15, 0.2) is 60.0 Å². The average molecular weight is 424 g/mol. The molecule has 1 amide bonds. The van der Waals surface area contributed by atoms with Gasteiger partial charge in [0.05, 0.1) is 19.3 Å². The molecule has 0 aliphatic carbocycles. The normalized spacial score (nSPS) is 14.5. The van der Waals surface area contributed by atoms with Crippen LogP contribution in [0.3, 0.4) is 0 Å². The molecule has 1 aliphatic heterocycles. The molecular formula is C23H25N3O3S. The number of hydrogen-bond donors (Lipinski definition) is 0. The van der Waals surface area contributed by atoms with Crippen molar-refractivity contribution in [3.63, 3.8) is 0 Å². The molecular weight excluding hydrogens is 398 g/mol. The van der Waals surface area contributed by atoms with Crippen molar-refractivity contribution in [1.82, 2.24) is 14.8 Å². The van der Waals surface area contributed by atoms with Crippen molar-refractivity contribution in [2.24, 2.45) is 0 Å². The molecule has 156 valence electrons. The van der Waals surface area contributed by atoms with Crippen LogP contribution in [0.2, 0.25) is 0 Å². The summed E-state index contributed by atoms with van der Waals surface area (Å²) in [6, 6.07) is 17.5. The minimum Gasteiger partial charge on any atom is -0.497 e. The quantitative estimate of drug-likeness (QED) is 0.582. The molecule has 1 fully saturated rings. The van der Waals surface area contributed by atoms with Crippen LogP contribution >= 0.6 is 11.3 Å². The van der Waals surface area contributed by atoms with Crippen molar-refractivity contribution in [1.29, 1.82) is 0 Å². The van der Waals surface area contributed by atoms with Crippen LogP contribution in [-0.2, 0) is 11.3 Å². The Kier molecular flexibility index (Phi) is 6.61. The highest BCUT2D eigenvalue weighted by molar-refractivity contribution is 7.09. The monoisotopic (exact) mass is 423 g/mol. The van der Waals surface area contributed by atoms with Crippen molar-refractivity contribution in [2.75, 3.05) is 39.9 Å². The summed E-state index contributed by atoms with van der Waals surface area (Å²) in [5, 5.41) is 3.22. The Labute approximate surface area is 180 Å². The van der Waals surface area contributed by atoms with Crippen LogP contribution < -0.4 is 9.47 Å². The second-order valence-electron chi connectivity index (χ2n) is 7.12. The number of methoxy groups -OCH3 is 1. The SMILES string of the molecule is COc1cccc(OCC(=O)N2CCN(Cc3nc(-c4ccccc4)cs3)CC2)c1. The number of thiazole rings is 1. The average Bonchev–Trinajstić information content (AvgIpc) is 3.27. The Hall–Kier alpha value is -2.90. The number of hydrogen-bond acceptors (Lipinski definition) is 6. The number of rotatable bonds is 7. The minimum atomic E-state index is 0.0121. The molecule has 2 aromatic carbocycles. The molecule has 4 rings (SSSR count). The third-order valence-corrected chi connectivity index (χ3v) is 5.94. The minimum absolute atomic E-state index is 0.0121. The van der Waals surface area contributed by atoms with Crippen LogP contribution in [0.5, 0.6) is 11.5 Å². The van der Waals surface area contributed by atoms with Gasteiger partial charge in [0.25, 0.3) is 5.91 Å². The van der Waals surface area contributed by atoms with Crippen LogP contribution in [0.25, 0.3) is 11.3 Å². The first-order valence-electron chi connectivity index (χ1n) is 9.98. The lowest BCUT2D eigenvalue weighted by molar-refractivity contribution is -0.135. The molecule has 1 aromatic heterocycles. The van der Waals surface area contributed by atoms with Gasteiger partial charge in [-0.15, -0.1) is 11.3 Å². The zero-order valence-electron chi connectivity index (χ0n) is 17.0. The molecule has 0 saturated carbocycles. The summed E-state index contributed by atoms with van der Waals surface area (Å²) in [5.74, 6) is 1.36. The van der Waals surface area contributed by atoms with Gasteiger partial charge in [0.2, 0.25) is 0 Å². The van der Waals surface area contributed by atoms with Gasteiger partial charge in [0.15, 0.2) is 6.61 Å². The number of benzene rings is 2. The number of carbonyl (C=O) groups is 1. The molecule has 30 heavy (non-hydrogen) atoms. The Balaban J connectivity index is 1.24. The predicted molar refractivity (Wildman–Crippen MR) is 118 cm³/mol. The first kappa shape index (κ1) is 20.4. The smallest absolute Gasteiger partial charge is 0.260 e. The largest absolute Gasteiger partial charge is 0.497 e. The fraction of sp³-hybridized carbons (Fsp3) is 0.304. The summed E-state index contributed by atoms with van der Waals surface area (Å²) in [5.41, 5.74) is 2.17. The van der Waals surface area contributed by atoms with Crippen molar-refractivity contribution < 1.29 is 14.3 Å². The van der Waals surface area contributed by atoms with E-state index in [9.17, 15) is 4.79 Å². The summed E-state index contributed by atoms with van der Waals surface area (Å²) in [4.78, 5) is 21.5. The maximum atomic E-state index is 12.5. The summed E-state index contributed by atoms with van der Waals surface area (Å²) in [7, 11) is 1.61. The van der Waals surface area contributed by atoms with Gasteiger partial charge in [-0.25, -0.2) is 4.98 Å². The van der Waals surface area contributed by atoms with Gasteiger partial charge in [-0.3, -0.25) is 9.69 Å². The molecule has 0 atom stereocenters. The highest BCUT2D eigenvalue weighted by Gasteiger charge is 2.22. The fourth-order valence-corrected chi connectivity index (χ4v) is 4.24. The second kappa shape index (κ2) is 9.73. The lowest BCUT2D eigenvalue weighted by Crippen LogP contribution is -2.49. The lowest BCUT2D eigenvalue weighted by Gasteiger charge is -2.34. The second-order valence-corrected chi connectivity index (χ2v) is 8.06. The van der Waals surface area contributed by atoms with Crippen LogP contribution in [0.4, 0.5) is 0 Å². The Bertz CT molecular complexity index is 969. The maximum Gasteiger partial charge on any atom is 0.260 e. The van der Waals surface area contributed by atoms with E-state index in [1.165, 1.54) is 0 Å². The molecule has 0 radical (unpaired) electrons. The third kappa shape index (κ3) is 5.17. The molecule has 1 saturated heterocycles. The number of carbonyl (C=O) groups excluding carboxylic acids is 1. The van der Waals surface area contributed by atoms with E-state index in [1.54, 1.807) is 24.5 Å². The van der Waals surface area contributed by atoms with E-state index in [0.717, 1.165) is 35.9 Å². The Morgan fingerprint density at radius 2 is 1.80 bits per heavy atom. The molecule has 0 unspecified atom stereocenters. The number of aromatic nitrogens is 1. The van der Waals surface area contributed by atoms with Crippen molar-refractivity contribution >= 4 is 17.2 Å². The molecule has 3 aromatic rings. The lowest BCUT2D eigenvalue weighted by atomic mass is 10.2. The van der Waals surface area contributed by atoms with E-state index >= 15 is 0 Å². The fourth-order valence-electron chi connectivity index (χ4n) is 3.40. The van der Waals surface area contributed by atoms with Crippen molar-refractivity contribution in [3.05, 3.63) is 65.0 Å². The molecule has 1 aliphatic rings. The predicted octanol–water partition coefficient (Wildman–Crippen LogP) is 3.54. The number of piperazine rings is 1. The van der Waals surface area contributed by atoms with Gasteiger partial charge in [-0.05, 0) is 12.1 Å². The standard InChI is InChI=1S/C23H25N3O3S/c1-28-19-8-5-9-20(14-19)29-16-23(27)26-12-10-25(11-13-26)15-22-24-21(17-30-22)18-6-3-2-4-7-18/h2-9,14,17H,10-13,15-16H2,1H3. The Morgan fingerprint density at radius 3 is 2.57 bits per heavy atom. The van der Waals surface area contributed by atoms with Gasteiger partial charge in [-0.1, -0.05) is 36.4 Å². The maximum absolute atomic E-state index is 12.5. The molecule has 0 spiro atoms. The summed E-state index contributed by atoms with van der Waals surface area (Å²) >= 11 is 1.69. The highest BCUT2D eigenvalue weighted by atomic mass is 32.1. The number of ether oxygens (including phenoxy) is 2. The molecule has 6 nitrogen and oxygen atoms in total. The topological polar surface area (TPSA) is 54.9 Å². The number of amides is 1. The van der Waals surface area contributed by atoms with Gasteiger partial charge in [-0.2, -0.15) is 0 Å². The van der Waals surface area contributed by atoms with Crippen molar-refractivity contribution in [2.45, 2.75) is 6.54 Å². The molecule has 2 heterocycles. The van der Waals surface area contributed by atoms with Gasteiger partial charge in [0, 0.05) is 43.2 Å². The van der Waals surface area contributed by atoms with Crippen LogP contribution in [0.1, 0.15) is 5.01 Å². The van der Waals surface area contributed by atoms with E-state index in [4.69, 9.17) is 14.5 Å². The van der Waals surface area contributed by atoms with E-state index in [0.29, 0.717) is 24.6 Å². The van der Waals surface area contributed by atoms with Gasteiger partial charge >= 0.3 is 0 Å². The highest BCUT2D eigenvalue weighted by Crippen LogP contribution is 2.23. The molecule has 0 N–H and O–H groups in total. The van der Waals surface area contributed by atoms with E-state index in [1.807, 2.05) is 41.3 Å².